The molecule has 0 unspecified atom stereocenters. The zero-order valence-electron chi connectivity index (χ0n) is 8.40. The van der Waals surface area contributed by atoms with Gasteiger partial charge in [0.15, 0.2) is 0 Å². The summed E-state index contributed by atoms with van der Waals surface area (Å²) in [5.74, 6) is -0.829. The van der Waals surface area contributed by atoms with Gasteiger partial charge in [0, 0.05) is 11.6 Å². The maximum absolute atomic E-state index is 10.6. The second-order valence-electron chi connectivity index (χ2n) is 3.56. The maximum atomic E-state index is 10.6. The quantitative estimate of drug-likeness (QED) is 0.810. The number of carbonyl (C=O) groups is 1. The number of carboxylic acids is 1. The Morgan fingerprint density at radius 2 is 2.27 bits per heavy atom. The predicted octanol–water partition coefficient (Wildman–Crippen LogP) is 2.17. The number of aromatic nitrogens is 1. The molecule has 15 heavy (non-hydrogen) atoms. The molecule has 0 bridgehead atoms. The van der Waals surface area contributed by atoms with Gasteiger partial charge in [-0.05, 0) is 30.2 Å². The Hall–Kier alpha value is -1.90. The van der Waals surface area contributed by atoms with Gasteiger partial charge in [-0.1, -0.05) is 12.1 Å². The molecule has 0 aliphatic heterocycles. The van der Waals surface area contributed by atoms with Crippen LogP contribution in [0.4, 0.5) is 0 Å². The summed E-state index contributed by atoms with van der Waals surface area (Å²) in [5.41, 5.74) is 2.76. The Balaban J connectivity index is 2.54. The third kappa shape index (κ3) is 1.96. The molecule has 0 spiro atoms. The molecule has 1 aromatic heterocycles. The summed E-state index contributed by atoms with van der Waals surface area (Å²) in [6.07, 6.45) is 1.65. The molecular formula is C12H11NO2. The van der Waals surface area contributed by atoms with Crippen LogP contribution in [0.1, 0.15) is 11.1 Å². The lowest BCUT2D eigenvalue weighted by Gasteiger charge is -2.03. The van der Waals surface area contributed by atoms with Crippen molar-refractivity contribution in [2.75, 3.05) is 0 Å². The van der Waals surface area contributed by atoms with Crippen molar-refractivity contribution >= 4 is 16.9 Å². The van der Waals surface area contributed by atoms with Gasteiger partial charge in [0.2, 0.25) is 0 Å². The summed E-state index contributed by atoms with van der Waals surface area (Å²) < 4.78 is 0. The number of fused-ring (bicyclic) bond motifs is 1. The van der Waals surface area contributed by atoms with E-state index in [1.807, 2.05) is 31.2 Å². The summed E-state index contributed by atoms with van der Waals surface area (Å²) >= 11 is 0. The number of hydrogen-bond donors (Lipinski definition) is 1. The van der Waals surface area contributed by atoms with Gasteiger partial charge in [-0.15, -0.1) is 0 Å². The molecule has 1 N–H and O–H groups in total. The van der Waals surface area contributed by atoms with E-state index in [9.17, 15) is 4.79 Å². The van der Waals surface area contributed by atoms with Crippen molar-refractivity contribution in [3.63, 3.8) is 0 Å². The first-order valence-electron chi connectivity index (χ1n) is 4.73. The molecule has 1 aromatic carbocycles. The van der Waals surface area contributed by atoms with Gasteiger partial charge in [-0.25, -0.2) is 0 Å². The molecular weight excluding hydrogens is 190 g/mol. The van der Waals surface area contributed by atoms with Crippen molar-refractivity contribution in [1.29, 1.82) is 0 Å². The molecule has 3 heteroatoms. The lowest BCUT2D eigenvalue weighted by Crippen LogP contribution is -2.00. The lowest BCUT2D eigenvalue weighted by atomic mass is 10.1. The van der Waals surface area contributed by atoms with Gasteiger partial charge in [0.25, 0.3) is 0 Å². The average Bonchev–Trinajstić information content (AvgIpc) is 2.18. The molecule has 0 aliphatic carbocycles. The molecule has 0 aliphatic rings. The minimum absolute atomic E-state index is 0.0251. The topological polar surface area (TPSA) is 50.2 Å². The monoisotopic (exact) mass is 201 g/mol. The molecule has 0 saturated heterocycles. The lowest BCUT2D eigenvalue weighted by molar-refractivity contribution is -0.136. The van der Waals surface area contributed by atoms with Crippen molar-refractivity contribution in [1.82, 2.24) is 4.98 Å². The molecule has 1 heterocycles. The van der Waals surface area contributed by atoms with Crippen LogP contribution < -0.4 is 0 Å². The first kappa shape index (κ1) is 9.65. The second kappa shape index (κ2) is 3.69. The van der Waals surface area contributed by atoms with E-state index < -0.39 is 5.97 Å². The highest BCUT2D eigenvalue weighted by Gasteiger charge is 2.03. The van der Waals surface area contributed by atoms with Crippen LogP contribution >= 0.6 is 0 Å². The summed E-state index contributed by atoms with van der Waals surface area (Å²) in [5, 5.41) is 9.70. The molecule has 2 rings (SSSR count). The Morgan fingerprint density at radius 3 is 3.00 bits per heavy atom. The average molecular weight is 201 g/mol. The minimum Gasteiger partial charge on any atom is -0.481 e. The van der Waals surface area contributed by atoms with Crippen molar-refractivity contribution in [3.05, 3.63) is 41.6 Å². The number of carboxylic acid groups (broad SMARTS) is 1. The molecule has 0 saturated carbocycles. The first-order valence-corrected chi connectivity index (χ1v) is 4.73. The second-order valence-corrected chi connectivity index (χ2v) is 3.56. The summed E-state index contributed by atoms with van der Waals surface area (Å²) in [6, 6.07) is 7.76. The fourth-order valence-electron chi connectivity index (χ4n) is 1.61. The van der Waals surface area contributed by atoms with E-state index in [1.165, 1.54) is 0 Å². The van der Waals surface area contributed by atoms with Gasteiger partial charge in [-0.3, -0.25) is 9.78 Å². The van der Waals surface area contributed by atoms with Crippen molar-refractivity contribution in [2.45, 2.75) is 13.3 Å². The van der Waals surface area contributed by atoms with Crippen LogP contribution in [-0.2, 0) is 11.2 Å². The number of aryl methyl sites for hydroxylation is 1. The van der Waals surface area contributed by atoms with Crippen LogP contribution in [0, 0.1) is 6.92 Å². The Kier molecular flexibility index (Phi) is 2.37. The van der Waals surface area contributed by atoms with Gasteiger partial charge in [-0.2, -0.15) is 0 Å². The van der Waals surface area contributed by atoms with Crippen LogP contribution in [0.3, 0.4) is 0 Å². The highest BCUT2D eigenvalue weighted by atomic mass is 16.4. The van der Waals surface area contributed by atoms with Crippen LogP contribution in [-0.4, -0.2) is 16.1 Å². The van der Waals surface area contributed by atoms with Crippen LogP contribution in [0.15, 0.2) is 30.5 Å². The molecule has 0 fully saturated rings. The third-order valence-electron chi connectivity index (χ3n) is 2.36. The van der Waals surface area contributed by atoms with Gasteiger partial charge in [0.05, 0.1) is 11.9 Å². The molecule has 2 aromatic rings. The molecule has 0 amide bonds. The van der Waals surface area contributed by atoms with Crippen LogP contribution in [0.2, 0.25) is 0 Å². The molecule has 76 valence electrons. The predicted molar refractivity (Wildman–Crippen MR) is 57.8 cm³/mol. The molecule has 3 nitrogen and oxygen atoms in total. The summed E-state index contributed by atoms with van der Waals surface area (Å²) in [7, 11) is 0. The third-order valence-corrected chi connectivity index (χ3v) is 2.36. The van der Waals surface area contributed by atoms with Crippen molar-refractivity contribution in [3.8, 4) is 0 Å². The summed E-state index contributed by atoms with van der Waals surface area (Å²) in [4.78, 5) is 14.8. The van der Waals surface area contributed by atoms with Gasteiger partial charge < -0.3 is 5.11 Å². The number of pyridine rings is 1. The van der Waals surface area contributed by atoms with Crippen molar-refractivity contribution in [2.24, 2.45) is 0 Å². The zero-order chi connectivity index (χ0) is 10.8. The van der Waals surface area contributed by atoms with Gasteiger partial charge in [0.1, 0.15) is 0 Å². The van der Waals surface area contributed by atoms with Crippen LogP contribution in [0.5, 0.6) is 0 Å². The zero-order valence-corrected chi connectivity index (χ0v) is 8.40. The van der Waals surface area contributed by atoms with E-state index >= 15 is 0 Å². The van der Waals surface area contributed by atoms with E-state index in [0.29, 0.717) is 0 Å². The largest absolute Gasteiger partial charge is 0.481 e. The number of aliphatic carboxylic acids is 1. The Morgan fingerprint density at radius 1 is 1.47 bits per heavy atom. The van der Waals surface area contributed by atoms with E-state index in [2.05, 4.69) is 4.98 Å². The molecule has 0 atom stereocenters. The van der Waals surface area contributed by atoms with Gasteiger partial charge >= 0.3 is 5.97 Å². The SMILES string of the molecule is Cc1cccc2ncc(CC(=O)O)cc12. The highest BCUT2D eigenvalue weighted by molar-refractivity contribution is 5.83. The van der Waals surface area contributed by atoms with E-state index in [0.717, 1.165) is 22.0 Å². The van der Waals surface area contributed by atoms with Crippen molar-refractivity contribution < 1.29 is 9.90 Å². The Bertz CT molecular complexity index is 520. The van der Waals surface area contributed by atoms with E-state index in [1.54, 1.807) is 6.20 Å². The maximum Gasteiger partial charge on any atom is 0.307 e. The fraction of sp³-hybridized carbons (Fsp3) is 0.167. The smallest absolute Gasteiger partial charge is 0.307 e. The Labute approximate surface area is 87.4 Å². The number of hydrogen-bond acceptors (Lipinski definition) is 2. The number of nitrogens with zero attached hydrogens (tertiary/aromatic N) is 1. The molecule has 0 radical (unpaired) electrons. The highest BCUT2D eigenvalue weighted by Crippen LogP contribution is 2.17. The fourth-order valence-corrected chi connectivity index (χ4v) is 1.61. The standard InChI is InChI=1S/C12H11NO2/c1-8-3-2-4-11-10(8)5-9(7-13-11)6-12(14)15/h2-5,7H,6H2,1H3,(H,14,15). The normalized spacial score (nSPS) is 10.5. The number of rotatable bonds is 2. The van der Waals surface area contributed by atoms with E-state index in [-0.39, 0.29) is 6.42 Å². The number of benzene rings is 1. The summed E-state index contributed by atoms with van der Waals surface area (Å²) in [6.45, 7) is 1.99. The van der Waals surface area contributed by atoms with E-state index in [4.69, 9.17) is 5.11 Å². The first-order chi connectivity index (χ1) is 7.16. The van der Waals surface area contributed by atoms with Crippen LogP contribution in [0.25, 0.3) is 10.9 Å². The minimum atomic E-state index is -0.829.